The van der Waals surface area contributed by atoms with E-state index in [1.807, 2.05) is 12.3 Å². The highest BCUT2D eigenvalue weighted by atomic mass is 32.1. The van der Waals surface area contributed by atoms with E-state index < -0.39 is 0 Å². The molecule has 0 unspecified atom stereocenters. The highest BCUT2D eigenvalue weighted by Gasteiger charge is 1.96. The highest BCUT2D eigenvalue weighted by molar-refractivity contribution is 7.03. The SMILES string of the molecule is c1cc(CCc2cnsc2)[nH]n1. The Balaban J connectivity index is 1.91. The second kappa shape index (κ2) is 3.49. The summed E-state index contributed by atoms with van der Waals surface area (Å²) >= 11 is 1.50. The van der Waals surface area contributed by atoms with Crippen molar-refractivity contribution >= 4 is 11.5 Å². The van der Waals surface area contributed by atoms with Gasteiger partial charge in [0.05, 0.1) is 0 Å². The lowest BCUT2D eigenvalue weighted by molar-refractivity contribution is 0.894. The Hall–Kier alpha value is -1.16. The van der Waals surface area contributed by atoms with Crippen molar-refractivity contribution in [3.05, 3.63) is 35.1 Å². The van der Waals surface area contributed by atoms with Gasteiger partial charge in [-0.3, -0.25) is 5.10 Å². The first kappa shape index (κ1) is 7.49. The van der Waals surface area contributed by atoms with Gasteiger partial charge in [-0.15, -0.1) is 0 Å². The number of aryl methyl sites for hydroxylation is 2. The van der Waals surface area contributed by atoms with Crippen LogP contribution in [0, 0.1) is 0 Å². The van der Waals surface area contributed by atoms with Crippen LogP contribution in [0.25, 0.3) is 0 Å². The van der Waals surface area contributed by atoms with Crippen molar-refractivity contribution in [2.45, 2.75) is 12.8 Å². The first-order valence-corrected chi connectivity index (χ1v) is 4.65. The number of hydrogen-bond donors (Lipinski definition) is 1. The monoisotopic (exact) mass is 179 g/mol. The van der Waals surface area contributed by atoms with Crippen molar-refractivity contribution in [1.82, 2.24) is 14.6 Å². The van der Waals surface area contributed by atoms with E-state index in [4.69, 9.17) is 0 Å². The van der Waals surface area contributed by atoms with Crippen molar-refractivity contribution in [2.24, 2.45) is 0 Å². The van der Waals surface area contributed by atoms with Crippen LogP contribution in [0.4, 0.5) is 0 Å². The molecule has 0 fully saturated rings. The highest BCUT2D eigenvalue weighted by Crippen LogP contribution is 2.05. The molecule has 2 rings (SSSR count). The van der Waals surface area contributed by atoms with Crippen LogP contribution in [0.2, 0.25) is 0 Å². The standard InChI is InChI=1S/C8H9N3S/c1(7-5-10-12-6-7)2-8-3-4-9-11-8/h3-6H,1-2H2,(H,9,11). The molecule has 0 saturated carbocycles. The predicted octanol–water partition coefficient (Wildman–Crippen LogP) is 1.65. The van der Waals surface area contributed by atoms with Crippen molar-refractivity contribution in [1.29, 1.82) is 0 Å². The zero-order valence-electron chi connectivity index (χ0n) is 6.53. The summed E-state index contributed by atoms with van der Waals surface area (Å²) in [4.78, 5) is 0. The third-order valence-electron chi connectivity index (χ3n) is 1.72. The average molecular weight is 179 g/mol. The van der Waals surface area contributed by atoms with Crippen molar-refractivity contribution in [3.8, 4) is 0 Å². The first-order valence-electron chi connectivity index (χ1n) is 3.81. The molecular formula is C8H9N3S. The van der Waals surface area contributed by atoms with E-state index in [9.17, 15) is 0 Å². The van der Waals surface area contributed by atoms with Gasteiger partial charge in [0.15, 0.2) is 0 Å². The molecule has 62 valence electrons. The molecule has 12 heavy (non-hydrogen) atoms. The van der Waals surface area contributed by atoms with Crippen LogP contribution in [0.3, 0.4) is 0 Å². The van der Waals surface area contributed by atoms with Crippen molar-refractivity contribution < 1.29 is 0 Å². The normalized spacial score (nSPS) is 10.3. The van der Waals surface area contributed by atoms with Gasteiger partial charge in [0.1, 0.15) is 0 Å². The van der Waals surface area contributed by atoms with Gasteiger partial charge in [0, 0.05) is 23.5 Å². The number of aromatic amines is 1. The fourth-order valence-corrected chi connectivity index (χ4v) is 1.62. The molecule has 3 nitrogen and oxygen atoms in total. The van der Waals surface area contributed by atoms with E-state index in [1.165, 1.54) is 22.8 Å². The van der Waals surface area contributed by atoms with Crippen LogP contribution in [-0.4, -0.2) is 14.6 Å². The molecule has 1 N–H and O–H groups in total. The maximum Gasteiger partial charge on any atom is 0.0490 e. The van der Waals surface area contributed by atoms with Crippen LogP contribution in [0.15, 0.2) is 23.8 Å². The number of aromatic nitrogens is 3. The van der Waals surface area contributed by atoms with Crippen LogP contribution in [-0.2, 0) is 12.8 Å². The van der Waals surface area contributed by atoms with Crippen molar-refractivity contribution in [2.75, 3.05) is 0 Å². The van der Waals surface area contributed by atoms with E-state index in [2.05, 4.69) is 20.0 Å². The molecule has 0 aliphatic heterocycles. The molecule has 0 saturated heterocycles. The quantitative estimate of drug-likeness (QED) is 0.778. The van der Waals surface area contributed by atoms with Crippen molar-refractivity contribution in [3.63, 3.8) is 0 Å². The van der Waals surface area contributed by atoms with Gasteiger partial charge < -0.3 is 0 Å². The molecule has 0 amide bonds. The molecule has 0 aliphatic carbocycles. The van der Waals surface area contributed by atoms with Crippen LogP contribution in [0.5, 0.6) is 0 Å². The summed E-state index contributed by atoms with van der Waals surface area (Å²) in [6.07, 6.45) is 5.75. The molecule has 2 aromatic rings. The summed E-state index contributed by atoms with van der Waals surface area (Å²) in [7, 11) is 0. The van der Waals surface area contributed by atoms with E-state index in [0.717, 1.165) is 12.8 Å². The lowest BCUT2D eigenvalue weighted by Crippen LogP contribution is -1.89. The number of hydrogen-bond acceptors (Lipinski definition) is 3. The summed E-state index contributed by atoms with van der Waals surface area (Å²) in [5.74, 6) is 0. The Kier molecular flexibility index (Phi) is 2.18. The Morgan fingerprint density at radius 1 is 1.42 bits per heavy atom. The largest absolute Gasteiger partial charge is 0.283 e. The lowest BCUT2D eigenvalue weighted by Gasteiger charge is -1.92. The van der Waals surface area contributed by atoms with E-state index >= 15 is 0 Å². The zero-order valence-corrected chi connectivity index (χ0v) is 7.34. The average Bonchev–Trinajstić information content (AvgIpc) is 2.74. The predicted molar refractivity (Wildman–Crippen MR) is 48.1 cm³/mol. The molecule has 2 aromatic heterocycles. The number of nitrogens with one attached hydrogen (secondary N) is 1. The molecule has 0 aromatic carbocycles. The smallest absolute Gasteiger partial charge is 0.0490 e. The van der Waals surface area contributed by atoms with Crippen LogP contribution in [0.1, 0.15) is 11.3 Å². The molecule has 0 atom stereocenters. The summed E-state index contributed by atoms with van der Waals surface area (Å²) in [6.45, 7) is 0. The molecule has 0 spiro atoms. The topological polar surface area (TPSA) is 41.6 Å². The van der Waals surface area contributed by atoms with Gasteiger partial charge in [-0.05, 0) is 36.0 Å². The molecule has 0 bridgehead atoms. The van der Waals surface area contributed by atoms with Gasteiger partial charge in [-0.2, -0.15) is 5.10 Å². The number of rotatable bonds is 3. The third kappa shape index (κ3) is 1.71. The Morgan fingerprint density at radius 3 is 3.08 bits per heavy atom. The van der Waals surface area contributed by atoms with Gasteiger partial charge in [0.2, 0.25) is 0 Å². The Labute approximate surface area is 74.6 Å². The first-order chi connectivity index (χ1) is 5.95. The van der Waals surface area contributed by atoms with Gasteiger partial charge in [0.25, 0.3) is 0 Å². The molecular weight excluding hydrogens is 170 g/mol. The fourth-order valence-electron chi connectivity index (χ4n) is 1.05. The van der Waals surface area contributed by atoms with E-state index in [1.54, 1.807) is 6.20 Å². The maximum atomic E-state index is 4.04. The maximum absolute atomic E-state index is 4.04. The third-order valence-corrected chi connectivity index (χ3v) is 2.36. The molecule has 0 radical (unpaired) electrons. The summed E-state index contributed by atoms with van der Waals surface area (Å²) in [5, 5.41) is 8.90. The van der Waals surface area contributed by atoms with Gasteiger partial charge in [-0.1, -0.05) is 0 Å². The van der Waals surface area contributed by atoms with Gasteiger partial charge >= 0.3 is 0 Å². The Bertz CT molecular complexity index is 278. The minimum Gasteiger partial charge on any atom is -0.283 e. The lowest BCUT2D eigenvalue weighted by atomic mass is 10.2. The number of nitrogens with zero attached hydrogens (tertiary/aromatic N) is 2. The zero-order chi connectivity index (χ0) is 8.23. The minimum absolute atomic E-state index is 1.01. The van der Waals surface area contributed by atoms with Crippen LogP contribution >= 0.6 is 11.5 Å². The fraction of sp³-hybridized carbons (Fsp3) is 0.250. The van der Waals surface area contributed by atoms with Crippen LogP contribution < -0.4 is 0 Å². The second-order valence-electron chi connectivity index (χ2n) is 2.61. The van der Waals surface area contributed by atoms with E-state index in [-0.39, 0.29) is 0 Å². The minimum atomic E-state index is 1.01. The summed E-state index contributed by atoms with van der Waals surface area (Å²) in [6, 6.07) is 2.00. The Morgan fingerprint density at radius 2 is 2.42 bits per heavy atom. The summed E-state index contributed by atoms with van der Waals surface area (Å²) in [5.41, 5.74) is 2.48. The summed E-state index contributed by atoms with van der Waals surface area (Å²) < 4.78 is 4.04. The molecule has 0 aliphatic rings. The molecule has 4 heteroatoms. The van der Waals surface area contributed by atoms with E-state index in [0.29, 0.717) is 0 Å². The van der Waals surface area contributed by atoms with Gasteiger partial charge in [-0.25, -0.2) is 4.37 Å². The second-order valence-corrected chi connectivity index (χ2v) is 3.27. The molecule has 2 heterocycles. The number of H-pyrrole nitrogens is 1.